The molecular formula is C14H13F4NO2. The van der Waals surface area contributed by atoms with E-state index in [1.165, 1.54) is 0 Å². The molecule has 3 unspecified atom stereocenters. The normalized spacial score (nSPS) is 27.9. The molecule has 0 spiro atoms. The summed E-state index contributed by atoms with van der Waals surface area (Å²) in [6.07, 6.45) is -2.50. The van der Waals surface area contributed by atoms with Crippen molar-refractivity contribution in [2.45, 2.75) is 43.7 Å². The van der Waals surface area contributed by atoms with Crippen LogP contribution in [0.5, 0.6) is 0 Å². The first-order valence-electron chi connectivity index (χ1n) is 6.68. The zero-order valence-electron chi connectivity index (χ0n) is 10.9. The third kappa shape index (κ3) is 2.62. The summed E-state index contributed by atoms with van der Waals surface area (Å²) in [7, 11) is 0. The highest BCUT2D eigenvalue weighted by molar-refractivity contribution is 5.95. The Labute approximate surface area is 118 Å². The van der Waals surface area contributed by atoms with Crippen molar-refractivity contribution in [3.8, 4) is 0 Å². The van der Waals surface area contributed by atoms with E-state index in [1.54, 1.807) is 0 Å². The van der Waals surface area contributed by atoms with Gasteiger partial charge in [0.1, 0.15) is 5.82 Å². The van der Waals surface area contributed by atoms with Gasteiger partial charge < -0.3 is 10.1 Å². The summed E-state index contributed by atoms with van der Waals surface area (Å²) in [6, 6.07) is 2.43. The van der Waals surface area contributed by atoms with Gasteiger partial charge in [-0.15, -0.1) is 0 Å². The van der Waals surface area contributed by atoms with Crippen molar-refractivity contribution in [3.63, 3.8) is 0 Å². The first-order chi connectivity index (χ1) is 9.86. The Hall–Kier alpha value is -1.63. The summed E-state index contributed by atoms with van der Waals surface area (Å²) in [6.45, 7) is 0. The predicted octanol–water partition coefficient (Wildman–Crippen LogP) is 2.89. The van der Waals surface area contributed by atoms with Crippen molar-refractivity contribution >= 4 is 5.91 Å². The third-order valence-electron chi connectivity index (χ3n) is 3.97. The molecule has 114 valence electrons. The molecule has 0 aromatic heterocycles. The predicted molar refractivity (Wildman–Crippen MR) is 65.2 cm³/mol. The van der Waals surface area contributed by atoms with Gasteiger partial charge in [-0.05, 0) is 31.4 Å². The third-order valence-corrected chi connectivity index (χ3v) is 3.97. The van der Waals surface area contributed by atoms with Crippen LogP contribution in [-0.4, -0.2) is 24.2 Å². The van der Waals surface area contributed by atoms with E-state index in [2.05, 4.69) is 5.32 Å². The summed E-state index contributed by atoms with van der Waals surface area (Å²) >= 11 is 0. The molecule has 3 nitrogen and oxygen atoms in total. The second-order valence-electron chi connectivity index (χ2n) is 5.35. The Balaban J connectivity index is 1.79. The van der Waals surface area contributed by atoms with E-state index < -0.39 is 29.0 Å². The van der Waals surface area contributed by atoms with Crippen molar-refractivity contribution in [3.05, 3.63) is 35.1 Å². The van der Waals surface area contributed by atoms with Gasteiger partial charge in [0.2, 0.25) is 0 Å². The van der Waals surface area contributed by atoms with Crippen LogP contribution < -0.4 is 5.32 Å². The van der Waals surface area contributed by atoms with Gasteiger partial charge in [-0.3, -0.25) is 4.79 Å². The van der Waals surface area contributed by atoms with Crippen LogP contribution in [0.3, 0.4) is 0 Å². The van der Waals surface area contributed by atoms with Gasteiger partial charge >= 0.3 is 6.18 Å². The molecule has 1 N–H and O–H groups in total. The zero-order chi connectivity index (χ0) is 15.2. The molecule has 0 aliphatic carbocycles. The van der Waals surface area contributed by atoms with E-state index in [1.807, 2.05) is 0 Å². The number of hydrogen-bond acceptors (Lipinski definition) is 2. The summed E-state index contributed by atoms with van der Waals surface area (Å²) in [5.41, 5.74) is -2.02. The summed E-state index contributed by atoms with van der Waals surface area (Å²) in [4.78, 5) is 12.0. The first kappa shape index (κ1) is 14.3. The van der Waals surface area contributed by atoms with E-state index >= 15 is 0 Å². The number of alkyl halides is 3. The number of nitrogens with one attached hydrogen (secondary N) is 1. The average Bonchev–Trinajstić information content (AvgIpc) is 2.99. The molecule has 2 saturated heterocycles. The minimum atomic E-state index is -4.82. The Morgan fingerprint density at radius 2 is 2.05 bits per heavy atom. The number of benzene rings is 1. The topological polar surface area (TPSA) is 38.3 Å². The number of carbonyl (C=O) groups excluding carboxylic acids is 1. The highest BCUT2D eigenvalue weighted by atomic mass is 19.4. The molecule has 1 aromatic rings. The molecule has 3 atom stereocenters. The molecule has 2 bridgehead atoms. The number of fused-ring (bicyclic) bond motifs is 2. The van der Waals surface area contributed by atoms with Gasteiger partial charge in [0.25, 0.3) is 5.91 Å². The molecule has 2 aliphatic heterocycles. The maximum atomic E-state index is 13.9. The Morgan fingerprint density at radius 3 is 2.62 bits per heavy atom. The SMILES string of the molecule is O=C(NC1CC2CCC1O2)c1cccc(C(F)(F)F)c1F. The Kier molecular flexibility index (Phi) is 3.39. The lowest BCUT2D eigenvalue weighted by atomic mass is 9.95. The molecule has 0 saturated carbocycles. The Morgan fingerprint density at radius 1 is 1.29 bits per heavy atom. The molecule has 21 heavy (non-hydrogen) atoms. The highest BCUT2D eigenvalue weighted by Crippen LogP contribution is 2.35. The molecule has 0 radical (unpaired) electrons. The summed E-state index contributed by atoms with van der Waals surface area (Å²) in [5.74, 6) is -2.37. The number of ether oxygens (including phenoxy) is 1. The quantitative estimate of drug-likeness (QED) is 0.853. The largest absolute Gasteiger partial charge is 0.419 e. The fourth-order valence-corrected chi connectivity index (χ4v) is 2.96. The summed E-state index contributed by atoms with van der Waals surface area (Å²) < 4.78 is 57.3. The monoisotopic (exact) mass is 303 g/mol. The lowest BCUT2D eigenvalue weighted by molar-refractivity contribution is -0.140. The maximum absolute atomic E-state index is 13.9. The zero-order valence-corrected chi connectivity index (χ0v) is 10.9. The molecule has 1 amide bonds. The van der Waals surface area contributed by atoms with Crippen LogP contribution in [0.25, 0.3) is 0 Å². The second kappa shape index (κ2) is 4.98. The van der Waals surface area contributed by atoms with Crippen molar-refractivity contribution in [2.75, 3.05) is 0 Å². The lowest BCUT2D eigenvalue weighted by Gasteiger charge is -2.20. The number of rotatable bonds is 2. The van der Waals surface area contributed by atoms with E-state index in [0.29, 0.717) is 12.5 Å². The van der Waals surface area contributed by atoms with Crippen LogP contribution in [0.15, 0.2) is 18.2 Å². The van der Waals surface area contributed by atoms with E-state index in [9.17, 15) is 22.4 Å². The van der Waals surface area contributed by atoms with Gasteiger partial charge in [-0.25, -0.2) is 4.39 Å². The highest BCUT2D eigenvalue weighted by Gasteiger charge is 2.42. The van der Waals surface area contributed by atoms with E-state index in [-0.39, 0.29) is 18.2 Å². The van der Waals surface area contributed by atoms with Gasteiger partial charge in [0.05, 0.1) is 29.4 Å². The number of carbonyl (C=O) groups is 1. The number of halogens is 4. The standard InChI is InChI=1S/C14H13F4NO2/c15-12-8(2-1-3-9(12)14(16,17)18)13(20)19-10-6-7-4-5-11(10)21-7/h1-3,7,10-11H,4-6H2,(H,19,20). The molecule has 1 aromatic carbocycles. The fourth-order valence-electron chi connectivity index (χ4n) is 2.96. The summed E-state index contributed by atoms with van der Waals surface area (Å²) in [5, 5.41) is 2.57. The molecule has 2 aliphatic rings. The minimum absolute atomic E-state index is 0.0895. The number of amides is 1. The first-order valence-corrected chi connectivity index (χ1v) is 6.68. The van der Waals surface area contributed by atoms with Crippen LogP contribution in [0.1, 0.15) is 35.2 Å². The van der Waals surface area contributed by atoms with Gasteiger partial charge in [-0.1, -0.05) is 6.07 Å². The fraction of sp³-hybridized carbons (Fsp3) is 0.500. The molecule has 3 rings (SSSR count). The van der Waals surface area contributed by atoms with Crippen LogP contribution in [-0.2, 0) is 10.9 Å². The van der Waals surface area contributed by atoms with E-state index in [4.69, 9.17) is 4.74 Å². The van der Waals surface area contributed by atoms with Crippen molar-refractivity contribution < 1.29 is 27.1 Å². The second-order valence-corrected chi connectivity index (χ2v) is 5.35. The van der Waals surface area contributed by atoms with Crippen LogP contribution in [0, 0.1) is 5.82 Å². The molecule has 2 fully saturated rings. The van der Waals surface area contributed by atoms with Gasteiger partial charge in [0.15, 0.2) is 0 Å². The van der Waals surface area contributed by atoms with Gasteiger partial charge in [0, 0.05) is 0 Å². The van der Waals surface area contributed by atoms with Crippen molar-refractivity contribution in [1.82, 2.24) is 5.32 Å². The van der Waals surface area contributed by atoms with Crippen LogP contribution in [0.4, 0.5) is 17.6 Å². The van der Waals surface area contributed by atoms with Crippen LogP contribution >= 0.6 is 0 Å². The van der Waals surface area contributed by atoms with Crippen molar-refractivity contribution in [2.24, 2.45) is 0 Å². The molecular weight excluding hydrogens is 290 g/mol. The average molecular weight is 303 g/mol. The smallest absolute Gasteiger partial charge is 0.373 e. The van der Waals surface area contributed by atoms with E-state index in [0.717, 1.165) is 25.0 Å². The Bertz CT molecular complexity index is 573. The molecule has 2 heterocycles. The maximum Gasteiger partial charge on any atom is 0.419 e. The minimum Gasteiger partial charge on any atom is -0.373 e. The molecule has 7 heteroatoms. The number of hydrogen-bond donors (Lipinski definition) is 1. The van der Waals surface area contributed by atoms with Crippen LogP contribution in [0.2, 0.25) is 0 Å². The van der Waals surface area contributed by atoms with Gasteiger partial charge in [-0.2, -0.15) is 13.2 Å². The van der Waals surface area contributed by atoms with Crippen molar-refractivity contribution in [1.29, 1.82) is 0 Å². The lowest BCUT2D eigenvalue weighted by Crippen LogP contribution is -2.41.